The van der Waals surface area contributed by atoms with Crippen LogP contribution in [0.15, 0.2) is 24.3 Å². The van der Waals surface area contributed by atoms with Crippen molar-refractivity contribution in [3.63, 3.8) is 0 Å². The van der Waals surface area contributed by atoms with Gasteiger partial charge in [0.15, 0.2) is 0 Å². The first-order chi connectivity index (χ1) is 12.4. The highest BCUT2D eigenvalue weighted by molar-refractivity contribution is 5.97. The van der Waals surface area contributed by atoms with E-state index in [2.05, 4.69) is 0 Å². The van der Waals surface area contributed by atoms with E-state index in [-0.39, 0.29) is 23.6 Å². The van der Waals surface area contributed by atoms with Crippen LogP contribution in [0.4, 0.5) is 4.39 Å². The predicted molar refractivity (Wildman–Crippen MR) is 98.4 cm³/mol. The van der Waals surface area contributed by atoms with Crippen molar-refractivity contribution in [3.8, 4) is 5.69 Å². The van der Waals surface area contributed by atoms with E-state index in [1.807, 2.05) is 38.7 Å². The smallest absolute Gasteiger partial charge is 0.257 e. The van der Waals surface area contributed by atoms with Gasteiger partial charge in [0.05, 0.1) is 35.9 Å². The third-order valence-corrected chi connectivity index (χ3v) is 4.61. The van der Waals surface area contributed by atoms with Crippen LogP contribution in [0.25, 0.3) is 5.69 Å². The first-order valence-electron chi connectivity index (χ1n) is 9.16. The molecule has 5 nitrogen and oxygen atoms in total. The third kappa shape index (κ3) is 3.51. The number of carbonyl (C=O) groups excluding carboxylic acids is 1. The van der Waals surface area contributed by atoms with Gasteiger partial charge in [0.1, 0.15) is 5.82 Å². The molecule has 0 bridgehead atoms. The molecule has 3 rings (SSSR count). The molecule has 0 N–H and O–H groups in total. The maximum absolute atomic E-state index is 13.8. The first-order valence-corrected chi connectivity index (χ1v) is 9.16. The zero-order chi connectivity index (χ0) is 18.8. The zero-order valence-electron chi connectivity index (χ0n) is 15.8. The van der Waals surface area contributed by atoms with E-state index in [4.69, 9.17) is 9.84 Å². The molecular weight excluding hydrogens is 333 g/mol. The Morgan fingerprint density at radius 1 is 1.15 bits per heavy atom. The number of amides is 1. The maximum atomic E-state index is 13.8. The number of nitrogens with zero attached hydrogens (tertiary/aromatic N) is 3. The summed E-state index contributed by atoms with van der Waals surface area (Å²) in [5, 5.41) is 4.73. The van der Waals surface area contributed by atoms with Crippen molar-refractivity contribution >= 4 is 5.91 Å². The Balaban J connectivity index is 2.16. The highest BCUT2D eigenvalue weighted by Crippen LogP contribution is 2.31. The van der Waals surface area contributed by atoms with Crippen molar-refractivity contribution < 1.29 is 13.9 Å². The molecule has 0 aliphatic carbocycles. The summed E-state index contributed by atoms with van der Waals surface area (Å²) in [4.78, 5) is 15.1. The lowest BCUT2D eigenvalue weighted by Gasteiger charge is -2.27. The van der Waals surface area contributed by atoms with Crippen LogP contribution >= 0.6 is 0 Å². The largest absolute Gasteiger partial charge is 0.378 e. The summed E-state index contributed by atoms with van der Waals surface area (Å²) >= 11 is 0. The Morgan fingerprint density at radius 3 is 2.42 bits per heavy atom. The molecule has 26 heavy (non-hydrogen) atoms. The Morgan fingerprint density at radius 2 is 1.85 bits per heavy atom. The molecule has 0 atom stereocenters. The molecule has 0 unspecified atom stereocenters. The molecule has 1 amide bonds. The highest BCUT2D eigenvalue weighted by atomic mass is 19.1. The van der Waals surface area contributed by atoms with Crippen LogP contribution in [0.1, 0.15) is 61.3 Å². The summed E-state index contributed by atoms with van der Waals surface area (Å²) in [6.07, 6.45) is 0. The van der Waals surface area contributed by atoms with E-state index in [9.17, 15) is 9.18 Å². The molecule has 140 valence electrons. The van der Waals surface area contributed by atoms with Gasteiger partial charge in [-0.2, -0.15) is 5.10 Å². The molecule has 1 aliphatic rings. The minimum Gasteiger partial charge on any atom is -0.378 e. The van der Waals surface area contributed by atoms with Gasteiger partial charge in [-0.1, -0.05) is 33.8 Å². The lowest BCUT2D eigenvalue weighted by Crippen LogP contribution is -2.41. The van der Waals surface area contributed by atoms with Crippen LogP contribution < -0.4 is 0 Å². The minimum absolute atomic E-state index is 0.0108. The number of benzene rings is 1. The van der Waals surface area contributed by atoms with Gasteiger partial charge in [0, 0.05) is 13.1 Å². The van der Waals surface area contributed by atoms with Gasteiger partial charge in [-0.05, 0) is 30.0 Å². The average molecular weight is 359 g/mol. The van der Waals surface area contributed by atoms with Crippen molar-refractivity contribution in [3.05, 3.63) is 47.0 Å². The van der Waals surface area contributed by atoms with E-state index in [0.29, 0.717) is 37.6 Å². The Labute approximate surface area is 153 Å². The molecule has 0 radical (unpaired) electrons. The summed E-state index contributed by atoms with van der Waals surface area (Å²) in [6.45, 7) is 10.4. The molecule has 1 fully saturated rings. The standard InChI is InChI=1S/C20H26FN3O2/c1-13(2)18-17(20(25)23-8-10-26-11-9-23)19(14(3)4)24(22-18)16-7-5-6-15(21)12-16/h5-7,12-14H,8-11H2,1-4H3. The Hall–Kier alpha value is -2.21. The molecule has 1 aliphatic heterocycles. The molecule has 0 spiro atoms. The van der Waals surface area contributed by atoms with Crippen molar-refractivity contribution in [1.29, 1.82) is 0 Å². The molecule has 0 saturated carbocycles. The first kappa shape index (κ1) is 18.6. The quantitative estimate of drug-likeness (QED) is 0.836. The second-order valence-corrected chi connectivity index (χ2v) is 7.25. The third-order valence-electron chi connectivity index (χ3n) is 4.61. The molecule has 1 aromatic heterocycles. The van der Waals surface area contributed by atoms with Gasteiger partial charge >= 0.3 is 0 Å². The zero-order valence-corrected chi connectivity index (χ0v) is 15.8. The van der Waals surface area contributed by atoms with Crippen molar-refractivity contribution in [1.82, 2.24) is 14.7 Å². The van der Waals surface area contributed by atoms with Crippen LogP contribution in [0.3, 0.4) is 0 Å². The highest BCUT2D eigenvalue weighted by Gasteiger charge is 2.31. The van der Waals surface area contributed by atoms with Crippen LogP contribution in [0.5, 0.6) is 0 Å². The maximum Gasteiger partial charge on any atom is 0.257 e. The summed E-state index contributed by atoms with van der Waals surface area (Å²) in [5.41, 5.74) is 2.88. The van der Waals surface area contributed by atoms with Crippen LogP contribution in [0.2, 0.25) is 0 Å². The fraction of sp³-hybridized carbons (Fsp3) is 0.500. The van der Waals surface area contributed by atoms with E-state index < -0.39 is 0 Å². The summed E-state index contributed by atoms with van der Waals surface area (Å²) < 4.78 is 20.9. The van der Waals surface area contributed by atoms with E-state index in [0.717, 1.165) is 11.4 Å². The van der Waals surface area contributed by atoms with E-state index >= 15 is 0 Å². The summed E-state index contributed by atoms with van der Waals surface area (Å²) in [7, 11) is 0. The van der Waals surface area contributed by atoms with Gasteiger partial charge in [0.2, 0.25) is 0 Å². The number of carbonyl (C=O) groups is 1. The number of aromatic nitrogens is 2. The second kappa shape index (κ2) is 7.58. The number of hydrogen-bond donors (Lipinski definition) is 0. The summed E-state index contributed by atoms with van der Waals surface area (Å²) in [6, 6.07) is 6.33. The summed E-state index contributed by atoms with van der Waals surface area (Å²) in [5.74, 6) is -0.177. The van der Waals surface area contributed by atoms with Crippen LogP contribution in [0, 0.1) is 5.82 Å². The van der Waals surface area contributed by atoms with Gasteiger partial charge in [-0.15, -0.1) is 0 Å². The van der Waals surface area contributed by atoms with Gasteiger partial charge in [0.25, 0.3) is 5.91 Å². The minimum atomic E-state index is -0.320. The number of ether oxygens (including phenoxy) is 1. The van der Waals surface area contributed by atoms with Gasteiger partial charge < -0.3 is 9.64 Å². The molecule has 6 heteroatoms. The molecule has 1 aromatic carbocycles. The van der Waals surface area contributed by atoms with Crippen molar-refractivity contribution in [2.45, 2.75) is 39.5 Å². The van der Waals surface area contributed by atoms with Gasteiger partial charge in [-0.3, -0.25) is 4.79 Å². The van der Waals surface area contributed by atoms with Crippen LogP contribution in [-0.2, 0) is 4.74 Å². The van der Waals surface area contributed by atoms with Crippen LogP contribution in [-0.4, -0.2) is 46.9 Å². The number of rotatable bonds is 4. The molecule has 2 heterocycles. The van der Waals surface area contributed by atoms with E-state index in [1.165, 1.54) is 12.1 Å². The second-order valence-electron chi connectivity index (χ2n) is 7.25. The predicted octanol–water partition coefficient (Wildman–Crippen LogP) is 3.73. The monoisotopic (exact) mass is 359 g/mol. The normalized spacial score (nSPS) is 15.1. The number of halogens is 1. The lowest BCUT2D eigenvalue weighted by molar-refractivity contribution is 0.0301. The van der Waals surface area contributed by atoms with Crippen molar-refractivity contribution in [2.24, 2.45) is 0 Å². The Kier molecular flexibility index (Phi) is 5.41. The molecule has 2 aromatic rings. The number of morpholine rings is 1. The van der Waals surface area contributed by atoms with Gasteiger partial charge in [-0.25, -0.2) is 9.07 Å². The fourth-order valence-corrected chi connectivity index (χ4v) is 3.33. The topological polar surface area (TPSA) is 47.4 Å². The molecular formula is C20H26FN3O2. The van der Waals surface area contributed by atoms with Crippen molar-refractivity contribution in [2.75, 3.05) is 26.3 Å². The molecule has 1 saturated heterocycles. The lowest BCUT2D eigenvalue weighted by atomic mass is 9.97. The Bertz CT molecular complexity index is 792. The average Bonchev–Trinajstić information content (AvgIpc) is 3.03. The van der Waals surface area contributed by atoms with E-state index in [1.54, 1.807) is 10.7 Å². The SMILES string of the molecule is CC(C)c1nn(-c2cccc(F)c2)c(C(C)C)c1C(=O)N1CCOCC1. The fourth-order valence-electron chi connectivity index (χ4n) is 3.33. The number of hydrogen-bond acceptors (Lipinski definition) is 3.